The number of halogens is 2. The van der Waals surface area contributed by atoms with Gasteiger partial charge in [-0.1, -0.05) is 23.7 Å². The average molecular weight is 518 g/mol. The van der Waals surface area contributed by atoms with E-state index in [2.05, 4.69) is 26.5 Å². The van der Waals surface area contributed by atoms with Gasteiger partial charge in [-0.2, -0.15) is 5.10 Å². The monoisotopic (exact) mass is 516 g/mol. The second-order valence-corrected chi connectivity index (χ2v) is 7.89. The van der Waals surface area contributed by atoms with Crippen LogP contribution in [0.15, 0.2) is 70.2 Å². The normalized spacial score (nSPS) is 10.8. The number of methoxy groups -OCH3 is 1. The summed E-state index contributed by atoms with van der Waals surface area (Å²) in [7, 11) is 1.55. The van der Waals surface area contributed by atoms with Gasteiger partial charge < -0.3 is 14.2 Å². The summed E-state index contributed by atoms with van der Waals surface area (Å²) in [6.45, 7) is 2.75. The van der Waals surface area contributed by atoms with Crippen molar-refractivity contribution in [3.05, 3.63) is 86.8 Å². The number of amides is 1. The van der Waals surface area contributed by atoms with E-state index in [1.54, 1.807) is 31.5 Å². The molecule has 6 nitrogen and oxygen atoms in total. The molecule has 0 spiro atoms. The first kappa shape index (κ1) is 23.6. The molecule has 8 heteroatoms. The summed E-state index contributed by atoms with van der Waals surface area (Å²) in [6, 6.07) is 18.0. The molecule has 0 fully saturated rings. The van der Waals surface area contributed by atoms with Crippen molar-refractivity contribution in [1.29, 1.82) is 0 Å². The molecule has 3 aromatic carbocycles. The third kappa shape index (κ3) is 6.48. The van der Waals surface area contributed by atoms with E-state index in [4.69, 9.17) is 25.8 Å². The SMILES string of the molecule is CCOc1cc(C(=O)N/N=C/c2ccc(OCc3ccc(Cl)cc3)c(Br)c2)ccc1OC. The number of rotatable bonds is 9. The van der Waals surface area contributed by atoms with Crippen LogP contribution in [0, 0.1) is 0 Å². The van der Waals surface area contributed by atoms with Crippen molar-refractivity contribution in [3.8, 4) is 17.2 Å². The first-order valence-electron chi connectivity index (χ1n) is 9.81. The maximum atomic E-state index is 12.4. The highest BCUT2D eigenvalue weighted by Gasteiger charge is 2.10. The molecule has 0 saturated heterocycles. The zero-order chi connectivity index (χ0) is 22.9. The van der Waals surface area contributed by atoms with Gasteiger partial charge in [-0.15, -0.1) is 0 Å². The Morgan fingerprint density at radius 3 is 2.47 bits per heavy atom. The molecular formula is C24H22BrClN2O4. The van der Waals surface area contributed by atoms with Gasteiger partial charge in [0.1, 0.15) is 12.4 Å². The highest BCUT2D eigenvalue weighted by molar-refractivity contribution is 9.10. The second-order valence-electron chi connectivity index (χ2n) is 6.60. The molecule has 0 heterocycles. The molecule has 1 N–H and O–H groups in total. The molecule has 0 unspecified atom stereocenters. The van der Waals surface area contributed by atoms with Gasteiger partial charge in [0.25, 0.3) is 5.91 Å². The van der Waals surface area contributed by atoms with Crippen molar-refractivity contribution >= 4 is 39.7 Å². The number of ether oxygens (including phenoxy) is 3. The van der Waals surface area contributed by atoms with E-state index < -0.39 is 0 Å². The van der Waals surface area contributed by atoms with Crippen molar-refractivity contribution in [2.45, 2.75) is 13.5 Å². The van der Waals surface area contributed by atoms with Crippen molar-refractivity contribution in [1.82, 2.24) is 5.43 Å². The van der Waals surface area contributed by atoms with Crippen molar-refractivity contribution in [2.24, 2.45) is 5.10 Å². The van der Waals surface area contributed by atoms with E-state index in [1.807, 2.05) is 49.4 Å². The Hall–Kier alpha value is -3.03. The molecule has 0 bridgehead atoms. The topological polar surface area (TPSA) is 69.2 Å². The van der Waals surface area contributed by atoms with Crippen LogP contribution in [0.5, 0.6) is 17.2 Å². The Morgan fingerprint density at radius 2 is 1.78 bits per heavy atom. The van der Waals surface area contributed by atoms with Gasteiger partial charge in [0.05, 0.1) is 24.4 Å². The van der Waals surface area contributed by atoms with Crippen LogP contribution in [0.2, 0.25) is 5.02 Å². The summed E-state index contributed by atoms with van der Waals surface area (Å²) in [6.07, 6.45) is 1.55. The zero-order valence-electron chi connectivity index (χ0n) is 17.6. The van der Waals surface area contributed by atoms with Gasteiger partial charge in [0, 0.05) is 10.6 Å². The van der Waals surface area contributed by atoms with Crippen LogP contribution in [0.3, 0.4) is 0 Å². The van der Waals surface area contributed by atoms with Crippen molar-refractivity contribution in [2.75, 3.05) is 13.7 Å². The van der Waals surface area contributed by atoms with Crippen molar-refractivity contribution in [3.63, 3.8) is 0 Å². The lowest BCUT2D eigenvalue weighted by Crippen LogP contribution is -2.17. The molecular weight excluding hydrogens is 496 g/mol. The first-order valence-corrected chi connectivity index (χ1v) is 11.0. The summed E-state index contributed by atoms with van der Waals surface area (Å²) in [5.74, 6) is 1.41. The van der Waals surface area contributed by atoms with Crippen LogP contribution in [-0.2, 0) is 6.61 Å². The Morgan fingerprint density at radius 1 is 1.03 bits per heavy atom. The van der Waals surface area contributed by atoms with E-state index >= 15 is 0 Å². The molecule has 1 amide bonds. The standard InChI is InChI=1S/C24H22BrClN2O4/c1-3-31-23-13-18(7-11-22(23)30-2)24(29)28-27-14-17-6-10-21(20(25)12-17)32-15-16-4-8-19(26)9-5-16/h4-14H,3,15H2,1-2H3,(H,28,29)/b27-14+. The third-order valence-electron chi connectivity index (χ3n) is 4.37. The van der Waals surface area contributed by atoms with Crippen LogP contribution in [0.1, 0.15) is 28.4 Å². The quantitative estimate of drug-likeness (QED) is 0.285. The number of nitrogens with one attached hydrogen (secondary N) is 1. The minimum Gasteiger partial charge on any atom is -0.493 e. The highest BCUT2D eigenvalue weighted by Crippen LogP contribution is 2.28. The van der Waals surface area contributed by atoms with Gasteiger partial charge in [0.15, 0.2) is 11.5 Å². The maximum absolute atomic E-state index is 12.4. The molecule has 0 saturated carbocycles. The van der Waals surface area contributed by atoms with E-state index in [9.17, 15) is 4.79 Å². The number of hydrazone groups is 1. The Labute approximate surface area is 200 Å². The summed E-state index contributed by atoms with van der Waals surface area (Å²) in [4.78, 5) is 12.4. The van der Waals surface area contributed by atoms with Gasteiger partial charge in [-0.25, -0.2) is 5.43 Å². The fourth-order valence-electron chi connectivity index (χ4n) is 2.77. The lowest BCUT2D eigenvalue weighted by molar-refractivity contribution is 0.0954. The Bertz CT molecular complexity index is 1100. The minimum absolute atomic E-state index is 0.355. The van der Waals surface area contributed by atoms with Gasteiger partial charge in [-0.3, -0.25) is 4.79 Å². The summed E-state index contributed by atoms with van der Waals surface area (Å²) in [5.41, 5.74) is 4.74. The van der Waals surface area contributed by atoms with Crippen LogP contribution in [-0.4, -0.2) is 25.8 Å². The molecule has 32 heavy (non-hydrogen) atoms. The van der Waals surface area contributed by atoms with Crippen LogP contribution in [0.4, 0.5) is 0 Å². The summed E-state index contributed by atoms with van der Waals surface area (Å²) < 4.78 is 17.4. The number of carbonyl (C=O) groups excluding carboxylic acids is 1. The third-order valence-corrected chi connectivity index (χ3v) is 5.24. The number of benzene rings is 3. The van der Waals surface area contributed by atoms with E-state index in [0.717, 1.165) is 15.6 Å². The molecule has 0 aromatic heterocycles. The fraction of sp³-hybridized carbons (Fsp3) is 0.167. The van der Waals surface area contributed by atoms with Crippen LogP contribution < -0.4 is 19.6 Å². The van der Waals surface area contributed by atoms with E-state index in [1.165, 1.54) is 0 Å². The van der Waals surface area contributed by atoms with Gasteiger partial charge in [0.2, 0.25) is 0 Å². The summed E-state index contributed by atoms with van der Waals surface area (Å²) >= 11 is 9.41. The molecule has 0 aliphatic carbocycles. The molecule has 0 aliphatic rings. The molecule has 0 radical (unpaired) electrons. The molecule has 0 aliphatic heterocycles. The largest absolute Gasteiger partial charge is 0.493 e. The predicted molar refractivity (Wildman–Crippen MR) is 129 cm³/mol. The Balaban J connectivity index is 1.59. The smallest absolute Gasteiger partial charge is 0.271 e. The molecule has 3 rings (SSSR count). The number of hydrogen-bond acceptors (Lipinski definition) is 5. The Kier molecular flexibility index (Phi) is 8.53. The highest BCUT2D eigenvalue weighted by atomic mass is 79.9. The lowest BCUT2D eigenvalue weighted by atomic mass is 10.2. The molecule has 166 valence electrons. The lowest BCUT2D eigenvalue weighted by Gasteiger charge is -2.10. The maximum Gasteiger partial charge on any atom is 0.271 e. The van der Waals surface area contributed by atoms with E-state index in [0.29, 0.717) is 41.0 Å². The van der Waals surface area contributed by atoms with Crippen molar-refractivity contribution < 1.29 is 19.0 Å². The van der Waals surface area contributed by atoms with Gasteiger partial charge >= 0.3 is 0 Å². The fourth-order valence-corrected chi connectivity index (χ4v) is 3.41. The predicted octanol–water partition coefficient (Wildman–Crippen LogP) is 5.85. The van der Waals surface area contributed by atoms with Gasteiger partial charge in [-0.05, 0) is 82.5 Å². The van der Waals surface area contributed by atoms with Crippen LogP contribution in [0.25, 0.3) is 0 Å². The van der Waals surface area contributed by atoms with Crippen LogP contribution >= 0.6 is 27.5 Å². The van der Waals surface area contributed by atoms with E-state index in [-0.39, 0.29) is 5.91 Å². The molecule has 0 atom stereocenters. The molecule has 3 aromatic rings. The zero-order valence-corrected chi connectivity index (χ0v) is 19.9. The summed E-state index contributed by atoms with van der Waals surface area (Å²) in [5, 5.41) is 4.73. The number of carbonyl (C=O) groups is 1. The number of nitrogens with zero attached hydrogens (tertiary/aromatic N) is 1. The first-order chi connectivity index (χ1) is 15.5. The minimum atomic E-state index is -0.355. The average Bonchev–Trinajstić information content (AvgIpc) is 2.79. The second kappa shape index (κ2) is 11.5. The number of hydrogen-bond donors (Lipinski definition) is 1.